The number of methoxy groups -OCH3 is 1. The van der Waals surface area contributed by atoms with Gasteiger partial charge in [-0.2, -0.15) is 0 Å². The highest BCUT2D eigenvalue weighted by molar-refractivity contribution is 5.97. The van der Waals surface area contributed by atoms with E-state index in [1.165, 1.54) is 11.9 Å². The van der Waals surface area contributed by atoms with Gasteiger partial charge in [-0.3, -0.25) is 4.79 Å². The van der Waals surface area contributed by atoms with Gasteiger partial charge in [0.2, 0.25) is 0 Å². The molecule has 0 spiro atoms. The van der Waals surface area contributed by atoms with E-state index >= 15 is 0 Å². The molecule has 6 nitrogen and oxygen atoms in total. The van der Waals surface area contributed by atoms with Gasteiger partial charge in [-0.05, 0) is 37.1 Å². The first-order valence-corrected chi connectivity index (χ1v) is 8.80. The van der Waals surface area contributed by atoms with Gasteiger partial charge in [0.15, 0.2) is 11.6 Å². The lowest BCUT2D eigenvalue weighted by atomic mass is 10.00. The highest BCUT2D eigenvalue weighted by atomic mass is 16.5. The number of ether oxygens (including phenoxy) is 1. The summed E-state index contributed by atoms with van der Waals surface area (Å²) in [5.41, 5.74) is 5.48. The van der Waals surface area contributed by atoms with Crippen LogP contribution in [-0.2, 0) is 6.42 Å². The molecule has 0 saturated heterocycles. The van der Waals surface area contributed by atoms with Gasteiger partial charge in [0.05, 0.1) is 7.11 Å². The van der Waals surface area contributed by atoms with Crippen molar-refractivity contribution in [2.24, 2.45) is 0 Å². The van der Waals surface area contributed by atoms with E-state index in [4.69, 9.17) is 4.74 Å². The first-order valence-electron chi connectivity index (χ1n) is 8.80. The Labute approximate surface area is 157 Å². The van der Waals surface area contributed by atoms with Crippen molar-refractivity contribution in [3.8, 4) is 17.0 Å². The molecular weight excluding hydrogens is 340 g/mol. The van der Waals surface area contributed by atoms with Crippen molar-refractivity contribution in [1.82, 2.24) is 15.3 Å². The molecule has 6 heteroatoms. The van der Waals surface area contributed by atoms with E-state index in [9.17, 15) is 4.79 Å². The fraction of sp³-hybridized carbons (Fsp3) is 0.190. The smallest absolute Gasteiger partial charge is 0.251 e. The van der Waals surface area contributed by atoms with Gasteiger partial charge in [-0.15, -0.1) is 0 Å². The quantitative estimate of drug-likeness (QED) is 0.745. The lowest BCUT2D eigenvalue weighted by molar-refractivity contribution is 0.0946. The molecule has 27 heavy (non-hydrogen) atoms. The molecule has 1 aliphatic rings. The normalized spacial score (nSPS) is 12.9. The molecule has 4 rings (SSSR count). The number of anilines is 2. The third-order valence-electron chi connectivity index (χ3n) is 4.63. The summed E-state index contributed by atoms with van der Waals surface area (Å²) in [6.45, 7) is 2.70. The average molecular weight is 360 g/mol. The number of hydrogen-bond acceptors (Lipinski definition) is 5. The van der Waals surface area contributed by atoms with Crippen molar-refractivity contribution in [3.63, 3.8) is 0 Å². The van der Waals surface area contributed by atoms with E-state index in [0.717, 1.165) is 34.5 Å². The van der Waals surface area contributed by atoms with Crippen LogP contribution < -0.4 is 15.4 Å². The van der Waals surface area contributed by atoms with Crippen molar-refractivity contribution >= 4 is 17.4 Å². The lowest BCUT2D eigenvalue weighted by Crippen LogP contribution is -2.31. The second-order valence-corrected chi connectivity index (χ2v) is 6.47. The van der Waals surface area contributed by atoms with Crippen LogP contribution in [0.4, 0.5) is 11.5 Å². The number of fused-ring (bicyclic) bond motifs is 1. The number of aromatic nitrogens is 2. The Balaban J connectivity index is 1.69. The molecule has 0 bridgehead atoms. The van der Waals surface area contributed by atoms with Gasteiger partial charge in [0.1, 0.15) is 12.0 Å². The van der Waals surface area contributed by atoms with Crippen LogP contribution in [0.1, 0.15) is 21.5 Å². The van der Waals surface area contributed by atoms with Gasteiger partial charge in [-0.1, -0.05) is 29.8 Å². The standard InChI is InChI=1S/C21H20N4O2/c1-13-3-5-14(6-4-13)18-19(27-2)20(24-12-23-18)25-16-7-8-17-15(11-16)9-10-22-21(17)26/h3-8,11-12H,9-10H2,1-2H3,(H,22,26)(H,23,24,25). The second kappa shape index (κ2) is 7.07. The van der Waals surface area contributed by atoms with E-state index < -0.39 is 0 Å². The summed E-state index contributed by atoms with van der Waals surface area (Å²) in [4.78, 5) is 20.7. The number of carbonyl (C=O) groups is 1. The molecule has 1 aliphatic heterocycles. The van der Waals surface area contributed by atoms with Crippen LogP contribution in [0.5, 0.6) is 5.75 Å². The predicted molar refractivity (Wildman–Crippen MR) is 105 cm³/mol. The minimum atomic E-state index is -0.0240. The highest BCUT2D eigenvalue weighted by Gasteiger charge is 2.18. The van der Waals surface area contributed by atoms with Crippen LogP contribution >= 0.6 is 0 Å². The van der Waals surface area contributed by atoms with Gasteiger partial charge in [-0.25, -0.2) is 9.97 Å². The van der Waals surface area contributed by atoms with Crippen molar-refractivity contribution in [3.05, 3.63) is 65.5 Å². The van der Waals surface area contributed by atoms with Gasteiger partial charge in [0.25, 0.3) is 5.91 Å². The van der Waals surface area contributed by atoms with Gasteiger partial charge in [0, 0.05) is 23.4 Å². The first-order chi connectivity index (χ1) is 13.2. The van der Waals surface area contributed by atoms with E-state index in [0.29, 0.717) is 18.1 Å². The fourth-order valence-corrected chi connectivity index (χ4v) is 3.22. The molecule has 0 unspecified atom stereocenters. The van der Waals surface area contributed by atoms with Crippen LogP contribution in [-0.4, -0.2) is 29.5 Å². The Morgan fingerprint density at radius 2 is 1.93 bits per heavy atom. The molecule has 1 amide bonds. The van der Waals surface area contributed by atoms with E-state index in [1.807, 2.05) is 49.4 Å². The Hall–Kier alpha value is -3.41. The third kappa shape index (κ3) is 3.33. The molecule has 0 fully saturated rings. The van der Waals surface area contributed by atoms with Crippen LogP contribution in [0.25, 0.3) is 11.3 Å². The molecular formula is C21H20N4O2. The zero-order chi connectivity index (χ0) is 18.8. The van der Waals surface area contributed by atoms with Crippen molar-refractivity contribution in [2.75, 3.05) is 19.0 Å². The molecule has 2 heterocycles. The lowest BCUT2D eigenvalue weighted by Gasteiger charge is -2.18. The van der Waals surface area contributed by atoms with Gasteiger partial charge >= 0.3 is 0 Å². The molecule has 1 aromatic heterocycles. The summed E-state index contributed by atoms with van der Waals surface area (Å²) in [5, 5.41) is 6.16. The first kappa shape index (κ1) is 17.0. The topological polar surface area (TPSA) is 76.1 Å². The number of nitrogens with zero attached hydrogens (tertiary/aromatic N) is 2. The number of nitrogens with one attached hydrogen (secondary N) is 2. The van der Waals surface area contributed by atoms with Crippen LogP contribution in [0.2, 0.25) is 0 Å². The maximum absolute atomic E-state index is 11.9. The zero-order valence-electron chi connectivity index (χ0n) is 15.2. The Kier molecular flexibility index (Phi) is 4.46. The van der Waals surface area contributed by atoms with Crippen molar-refractivity contribution < 1.29 is 9.53 Å². The number of aryl methyl sites for hydroxylation is 1. The van der Waals surface area contributed by atoms with Crippen LogP contribution in [0, 0.1) is 6.92 Å². The Morgan fingerprint density at radius 1 is 1.11 bits per heavy atom. The highest BCUT2D eigenvalue weighted by Crippen LogP contribution is 2.35. The number of rotatable bonds is 4. The number of amides is 1. The van der Waals surface area contributed by atoms with E-state index in [1.54, 1.807) is 7.11 Å². The average Bonchev–Trinajstić information content (AvgIpc) is 2.68. The third-order valence-corrected chi connectivity index (χ3v) is 4.63. The Morgan fingerprint density at radius 3 is 2.70 bits per heavy atom. The van der Waals surface area contributed by atoms with E-state index in [-0.39, 0.29) is 5.91 Å². The SMILES string of the molecule is COc1c(Nc2ccc3c(c2)CCNC3=O)ncnc1-c1ccc(C)cc1. The number of hydrogen-bond donors (Lipinski definition) is 2. The molecule has 136 valence electrons. The molecule has 0 radical (unpaired) electrons. The molecule has 3 aromatic rings. The predicted octanol–water partition coefficient (Wildman–Crippen LogP) is 3.49. The summed E-state index contributed by atoms with van der Waals surface area (Å²) in [6.07, 6.45) is 2.33. The largest absolute Gasteiger partial charge is 0.491 e. The summed E-state index contributed by atoms with van der Waals surface area (Å²) in [7, 11) is 1.61. The monoisotopic (exact) mass is 360 g/mol. The van der Waals surface area contributed by atoms with Gasteiger partial charge < -0.3 is 15.4 Å². The van der Waals surface area contributed by atoms with E-state index in [2.05, 4.69) is 20.6 Å². The molecule has 0 atom stereocenters. The Bertz CT molecular complexity index is 1000. The van der Waals surface area contributed by atoms with Crippen molar-refractivity contribution in [2.45, 2.75) is 13.3 Å². The minimum Gasteiger partial charge on any atom is -0.491 e. The maximum Gasteiger partial charge on any atom is 0.251 e. The number of benzene rings is 2. The molecule has 2 aromatic carbocycles. The van der Waals surface area contributed by atoms with Crippen LogP contribution in [0.3, 0.4) is 0 Å². The minimum absolute atomic E-state index is 0.0240. The van der Waals surface area contributed by atoms with Crippen LogP contribution in [0.15, 0.2) is 48.8 Å². The molecule has 0 aliphatic carbocycles. The second-order valence-electron chi connectivity index (χ2n) is 6.47. The zero-order valence-corrected chi connectivity index (χ0v) is 15.2. The number of carbonyl (C=O) groups excluding carboxylic acids is 1. The summed E-state index contributed by atoms with van der Waals surface area (Å²) in [6, 6.07) is 13.8. The maximum atomic E-state index is 11.9. The van der Waals surface area contributed by atoms with Crippen molar-refractivity contribution in [1.29, 1.82) is 0 Å². The summed E-state index contributed by atoms with van der Waals surface area (Å²) < 4.78 is 5.61. The summed E-state index contributed by atoms with van der Waals surface area (Å²) in [5.74, 6) is 1.14. The molecule has 0 saturated carbocycles. The molecule has 2 N–H and O–H groups in total. The fourth-order valence-electron chi connectivity index (χ4n) is 3.22. The summed E-state index contributed by atoms with van der Waals surface area (Å²) >= 11 is 0.